The second kappa shape index (κ2) is 8.80. The molecule has 1 aliphatic rings. The lowest BCUT2D eigenvalue weighted by Gasteiger charge is -2.24. The first-order chi connectivity index (χ1) is 14.9. The fourth-order valence-corrected chi connectivity index (χ4v) is 4.88. The van der Waals surface area contributed by atoms with Crippen LogP contribution in [-0.4, -0.2) is 22.2 Å². The van der Waals surface area contributed by atoms with E-state index in [0.717, 1.165) is 9.13 Å². The van der Waals surface area contributed by atoms with Gasteiger partial charge in [0.2, 0.25) is 0 Å². The van der Waals surface area contributed by atoms with Crippen LogP contribution in [0.1, 0.15) is 31.0 Å². The molecule has 0 saturated heterocycles. The third-order valence-electron chi connectivity index (χ3n) is 4.89. The van der Waals surface area contributed by atoms with Gasteiger partial charge in [-0.25, -0.2) is 9.79 Å². The maximum atomic E-state index is 13.4. The van der Waals surface area contributed by atoms with Gasteiger partial charge < -0.3 is 9.84 Å². The number of ether oxygens (including phenoxy) is 1. The fraction of sp³-hybridized carbons (Fsp3) is 0.174. The van der Waals surface area contributed by atoms with Gasteiger partial charge in [-0.05, 0) is 77.9 Å². The van der Waals surface area contributed by atoms with E-state index in [1.165, 1.54) is 28.0 Å². The SMILES string of the molecule is CCOC(=O)C1=C(C)N=c2s/c(=C\c3ccc(I)cc3)c(=O)n2C1c1ccc(O)cc1. The predicted molar refractivity (Wildman–Crippen MR) is 128 cm³/mol. The van der Waals surface area contributed by atoms with Gasteiger partial charge in [0, 0.05) is 3.57 Å². The number of fused-ring (bicyclic) bond motifs is 1. The first kappa shape index (κ1) is 21.5. The molecule has 3 aromatic rings. The third-order valence-corrected chi connectivity index (χ3v) is 6.60. The molecule has 158 valence electrons. The molecule has 0 radical (unpaired) electrons. The molecule has 0 saturated carbocycles. The predicted octanol–water partition coefficient (Wildman–Crippen LogP) is 3.11. The zero-order valence-electron chi connectivity index (χ0n) is 16.8. The number of hydrogen-bond acceptors (Lipinski definition) is 6. The molecule has 0 spiro atoms. The first-order valence-electron chi connectivity index (χ1n) is 9.63. The summed E-state index contributed by atoms with van der Waals surface area (Å²) in [6.07, 6.45) is 1.83. The normalized spacial score (nSPS) is 16.1. The minimum Gasteiger partial charge on any atom is -0.508 e. The van der Waals surface area contributed by atoms with Crippen LogP contribution in [0.2, 0.25) is 0 Å². The number of carbonyl (C=O) groups is 1. The van der Waals surface area contributed by atoms with Crippen LogP contribution in [0, 0.1) is 3.57 Å². The van der Waals surface area contributed by atoms with E-state index in [1.54, 1.807) is 26.0 Å². The van der Waals surface area contributed by atoms with E-state index in [1.807, 2.05) is 30.3 Å². The molecule has 1 aliphatic heterocycles. The minimum atomic E-state index is -0.685. The molecule has 1 atom stereocenters. The van der Waals surface area contributed by atoms with E-state index in [-0.39, 0.29) is 17.9 Å². The fourth-order valence-electron chi connectivity index (χ4n) is 3.47. The van der Waals surface area contributed by atoms with Gasteiger partial charge in [-0.15, -0.1) is 0 Å². The van der Waals surface area contributed by atoms with Gasteiger partial charge in [0.15, 0.2) is 4.80 Å². The monoisotopic (exact) mass is 546 g/mol. The van der Waals surface area contributed by atoms with Crippen molar-refractivity contribution in [3.63, 3.8) is 0 Å². The molecule has 6 nitrogen and oxygen atoms in total. The van der Waals surface area contributed by atoms with Gasteiger partial charge >= 0.3 is 5.97 Å². The highest BCUT2D eigenvalue weighted by Gasteiger charge is 2.33. The average molecular weight is 546 g/mol. The Hall–Kier alpha value is -2.72. The van der Waals surface area contributed by atoms with Crippen LogP contribution in [0.5, 0.6) is 5.75 Å². The number of nitrogens with zero attached hydrogens (tertiary/aromatic N) is 2. The Balaban J connectivity index is 1.94. The Morgan fingerprint density at radius 1 is 1.23 bits per heavy atom. The smallest absolute Gasteiger partial charge is 0.338 e. The maximum Gasteiger partial charge on any atom is 0.338 e. The summed E-state index contributed by atoms with van der Waals surface area (Å²) in [5, 5.41) is 9.71. The molecular weight excluding hydrogens is 527 g/mol. The van der Waals surface area contributed by atoms with E-state index in [2.05, 4.69) is 27.6 Å². The summed E-state index contributed by atoms with van der Waals surface area (Å²) in [5.41, 5.74) is 2.21. The number of aromatic hydroxyl groups is 1. The topological polar surface area (TPSA) is 80.9 Å². The Labute approximate surface area is 196 Å². The number of halogens is 1. The number of carbonyl (C=O) groups excluding carboxylic acids is 1. The summed E-state index contributed by atoms with van der Waals surface area (Å²) in [6, 6.07) is 13.7. The van der Waals surface area contributed by atoms with Crippen molar-refractivity contribution in [2.45, 2.75) is 19.9 Å². The lowest BCUT2D eigenvalue weighted by atomic mass is 9.96. The largest absolute Gasteiger partial charge is 0.508 e. The van der Waals surface area contributed by atoms with Crippen LogP contribution < -0.4 is 14.9 Å². The summed E-state index contributed by atoms with van der Waals surface area (Å²) in [4.78, 5) is 31.3. The zero-order chi connectivity index (χ0) is 22.1. The highest BCUT2D eigenvalue weighted by atomic mass is 127. The molecule has 4 rings (SSSR count). The molecule has 31 heavy (non-hydrogen) atoms. The Kier molecular flexibility index (Phi) is 6.10. The Bertz CT molecular complexity index is 1350. The molecular formula is C23H19IN2O4S. The lowest BCUT2D eigenvalue weighted by molar-refractivity contribution is -0.139. The molecule has 0 aliphatic carbocycles. The molecule has 0 amide bonds. The molecule has 0 fully saturated rings. The second-order valence-electron chi connectivity index (χ2n) is 6.95. The van der Waals surface area contributed by atoms with Crippen molar-refractivity contribution in [2.75, 3.05) is 6.61 Å². The van der Waals surface area contributed by atoms with E-state index in [9.17, 15) is 14.7 Å². The first-order valence-corrected chi connectivity index (χ1v) is 11.5. The summed E-state index contributed by atoms with van der Waals surface area (Å²) in [6.45, 7) is 3.70. The van der Waals surface area contributed by atoms with Gasteiger partial charge in [-0.1, -0.05) is 35.6 Å². The number of benzene rings is 2. The van der Waals surface area contributed by atoms with Crippen LogP contribution in [0.25, 0.3) is 6.08 Å². The number of rotatable bonds is 4. The number of aromatic nitrogens is 1. The third kappa shape index (κ3) is 4.22. The number of thiazole rings is 1. The van der Waals surface area contributed by atoms with Crippen LogP contribution in [0.4, 0.5) is 0 Å². The number of phenols is 1. The molecule has 1 aromatic heterocycles. The van der Waals surface area contributed by atoms with Crippen molar-refractivity contribution < 1.29 is 14.6 Å². The summed E-state index contributed by atoms with van der Waals surface area (Å²) < 4.78 is 8.44. The summed E-state index contributed by atoms with van der Waals surface area (Å²) >= 11 is 3.52. The number of hydrogen-bond donors (Lipinski definition) is 1. The highest BCUT2D eigenvalue weighted by Crippen LogP contribution is 2.31. The van der Waals surface area contributed by atoms with Crippen molar-refractivity contribution >= 4 is 46.0 Å². The highest BCUT2D eigenvalue weighted by molar-refractivity contribution is 14.1. The van der Waals surface area contributed by atoms with Gasteiger partial charge in [-0.3, -0.25) is 9.36 Å². The van der Waals surface area contributed by atoms with Crippen molar-refractivity contribution in [1.82, 2.24) is 4.57 Å². The summed E-state index contributed by atoms with van der Waals surface area (Å²) in [5.74, 6) is -0.401. The second-order valence-corrected chi connectivity index (χ2v) is 9.20. The van der Waals surface area contributed by atoms with Gasteiger partial charge in [0.1, 0.15) is 5.75 Å². The molecule has 1 N–H and O–H groups in total. The molecule has 1 unspecified atom stereocenters. The van der Waals surface area contributed by atoms with Crippen LogP contribution in [0.3, 0.4) is 0 Å². The quantitative estimate of drug-likeness (QED) is 0.403. The van der Waals surface area contributed by atoms with E-state index >= 15 is 0 Å². The van der Waals surface area contributed by atoms with Crippen molar-refractivity contribution in [1.29, 1.82) is 0 Å². The zero-order valence-corrected chi connectivity index (χ0v) is 19.8. The van der Waals surface area contributed by atoms with Gasteiger partial charge in [0.25, 0.3) is 5.56 Å². The maximum absolute atomic E-state index is 13.4. The van der Waals surface area contributed by atoms with E-state index in [4.69, 9.17) is 4.74 Å². The number of esters is 1. The molecule has 2 aromatic carbocycles. The van der Waals surface area contributed by atoms with Crippen LogP contribution in [-0.2, 0) is 9.53 Å². The van der Waals surface area contributed by atoms with Gasteiger partial charge in [0.05, 0.1) is 28.5 Å². The summed E-state index contributed by atoms with van der Waals surface area (Å²) in [7, 11) is 0. The van der Waals surface area contributed by atoms with Crippen molar-refractivity contribution in [3.05, 3.63) is 94.2 Å². The van der Waals surface area contributed by atoms with Crippen LogP contribution in [0.15, 0.2) is 69.6 Å². The average Bonchev–Trinajstić information content (AvgIpc) is 3.04. The van der Waals surface area contributed by atoms with E-state index < -0.39 is 12.0 Å². The Morgan fingerprint density at radius 3 is 2.55 bits per heavy atom. The van der Waals surface area contributed by atoms with Gasteiger partial charge in [-0.2, -0.15) is 0 Å². The number of phenolic OH excluding ortho intramolecular Hbond substituents is 1. The number of allylic oxidation sites excluding steroid dienone is 1. The van der Waals surface area contributed by atoms with Crippen LogP contribution >= 0.6 is 33.9 Å². The van der Waals surface area contributed by atoms with Crippen molar-refractivity contribution in [3.8, 4) is 5.75 Å². The molecule has 2 heterocycles. The lowest BCUT2D eigenvalue weighted by Crippen LogP contribution is -2.39. The Morgan fingerprint density at radius 2 is 1.90 bits per heavy atom. The standard InChI is InChI=1S/C23H19IN2O4S/c1-3-30-22(29)19-13(2)25-23-26(20(19)15-6-10-17(27)11-7-15)21(28)18(31-23)12-14-4-8-16(24)9-5-14/h4-12,20,27H,3H2,1-2H3/b18-12-. The molecule has 0 bridgehead atoms. The van der Waals surface area contributed by atoms with Crippen molar-refractivity contribution in [2.24, 2.45) is 4.99 Å². The minimum absolute atomic E-state index is 0.105. The molecule has 8 heteroatoms. The van der Waals surface area contributed by atoms with E-state index in [0.29, 0.717) is 26.2 Å².